The van der Waals surface area contributed by atoms with Gasteiger partial charge in [-0.25, -0.2) is 4.98 Å². The van der Waals surface area contributed by atoms with E-state index in [9.17, 15) is 0 Å². The van der Waals surface area contributed by atoms with Gasteiger partial charge in [0.1, 0.15) is 16.5 Å². The Morgan fingerprint density at radius 2 is 1.76 bits per heavy atom. The third-order valence-electron chi connectivity index (χ3n) is 3.88. The van der Waals surface area contributed by atoms with Crippen LogP contribution in [-0.4, -0.2) is 36.3 Å². The van der Waals surface area contributed by atoms with Crippen molar-refractivity contribution in [1.82, 2.24) is 15.0 Å². The zero-order chi connectivity index (χ0) is 20.8. The van der Waals surface area contributed by atoms with Gasteiger partial charge in [0.05, 0.1) is 51.3 Å². The van der Waals surface area contributed by atoms with Crippen molar-refractivity contribution in [3.8, 4) is 17.2 Å². The highest BCUT2D eigenvalue weighted by atomic mass is 35.5. The standard InChI is InChI=1S/C18H19ClN6O3S/c1-26-10-4-5-12(13(6-10)25-29)22-17-11(19)7-21-18(24-17)23-14-8-20-9-15(27-2)16(14)28-3/h4-9,25,29H,1-3H3,(H2,21,22,23,24). The minimum absolute atomic E-state index is 0.291. The van der Waals surface area contributed by atoms with Crippen LogP contribution in [0, 0.1) is 0 Å². The molecule has 3 aromatic rings. The van der Waals surface area contributed by atoms with E-state index < -0.39 is 0 Å². The number of nitrogens with zero attached hydrogens (tertiary/aromatic N) is 3. The molecule has 11 heteroatoms. The first-order valence-corrected chi connectivity index (χ1v) is 9.12. The zero-order valence-corrected chi connectivity index (χ0v) is 17.5. The molecule has 29 heavy (non-hydrogen) atoms. The van der Waals surface area contributed by atoms with Crippen LogP contribution >= 0.6 is 24.4 Å². The molecular formula is C18H19ClN6O3S. The molecule has 3 N–H and O–H groups in total. The van der Waals surface area contributed by atoms with Gasteiger partial charge in [-0.05, 0) is 12.1 Å². The SMILES string of the molecule is COc1ccc(Nc2nc(Nc3cncc(OC)c3OC)ncc2Cl)c(NS)c1. The van der Waals surface area contributed by atoms with Crippen LogP contribution in [0.4, 0.5) is 28.8 Å². The molecule has 9 nitrogen and oxygen atoms in total. The summed E-state index contributed by atoms with van der Waals surface area (Å²) in [6.45, 7) is 0. The van der Waals surface area contributed by atoms with Crippen molar-refractivity contribution in [3.05, 3.63) is 41.8 Å². The summed E-state index contributed by atoms with van der Waals surface area (Å²) >= 11 is 10.4. The highest BCUT2D eigenvalue weighted by molar-refractivity contribution is 7.81. The number of hydrogen-bond donors (Lipinski definition) is 4. The third kappa shape index (κ3) is 4.66. The van der Waals surface area contributed by atoms with Crippen molar-refractivity contribution in [3.63, 3.8) is 0 Å². The molecule has 0 saturated heterocycles. The molecule has 0 bridgehead atoms. The van der Waals surface area contributed by atoms with Gasteiger partial charge in [0.2, 0.25) is 5.95 Å². The Morgan fingerprint density at radius 1 is 0.931 bits per heavy atom. The first kappa shape index (κ1) is 20.6. The lowest BCUT2D eigenvalue weighted by Gasteiger charge is -2.15. The number of halogens is 1. The second kappa shape index (κ2) is 9.39. The zero-order valence-electron chi connectivity index (χ0n) is 15.9. The fraction of sp³-hybridized carbons (Fsp3) is 0.167. The number of aromatic nitrogens is 3. The van der Waals surface area contributed by atoms with Crippen LogP contribution in [0.1, 0.15) is 0 Å². The lowest BCUT2D eigenvalue weighted by Crippen LogP contribution is -2.04. The Hall–Kier alpha value is -3.11. The Morgan fingerprint density at radius 3 is 2.45 bits per heavy atom. The van der Waals surface area contributed by atoms with Gasteiger partial charge < -0.3 is 29.6 Å². The van der Waals surface area contributed by atoms with E-state index in [0.717, 1.165) is 0 Å². The van der Waals surface area contributed by atoms with E-state index in [1.165, 1.54) is 20.4 Å². The fourth-order valence-corrected chi connectivity index (χ4v) is 2.81. The van der Waals surface area contributed by atoms with Crippen LogP contribution in [0.2, 0.25) is 5.02 Å². The number of benzene rings is 1. The Bertz CT molecular complexity index is 1010. The molecule has 152 valence electrons. The van der Waals surface area contributed by atoms with Crippen molar-refractivity contribution in [2.45, 2.75) is 0 Å². The molecule has 3 rings (SSSR count). The summed E-state index contributed by atoms with van der Waals surface area (Å²) < 4.78 is 18.7. The van der Waals surface area contributed by atoms with Crippen LogP contribution in [-0.2, 0) is 0 Å². The minimum atomic E-state index is 0.291. The average molecular weight is 435 g/mol. The number of thiol groups is 1. The molecular weight excluding hydrogens is 416 g/mol. The number of rotatable bonds is 8. The average Bonchev–Trinajstić information content (AvgIpc) is 2.76. The highest BCUT2D eigenvalue weighted by Crippen LogP contribution is 2.36. The summed E-state index contributed by atoms with van der Waals surface area (Å²) in [6, 6.07) is 5.41. The summed E-state index contributed by atoms with van der Waals surface area (Å²) in [4.78, 5) is 12.8. The van der Waals surface area contributed by atoms with Gasteiger partial charge in [0.15, 0.2) is 17.3 Å². The predicted octanol–water partition coefficient (Wildman–Crippen LogP) is 4.29. The first-order valence-electron chi connectivity index (χ1n) is 8.30. The van der Waals surface area contributed by atoms with Crippen LogP contribution in [0.5, 0.6) is 17.2 Å². The second-order valence-corrected chi connectivity index (χ2v) is 6.22. The van der Waals surface area contributed by atoms with Gasteiger partial charge in [-0.15, -0.1) is 0 Å². The maximum absolute atomic E-state index is 6.27. The monoisotopic (exact) mass is 434 g/mol. The Labute approximate surface area is 178 Å². The topological polar surface area (TPSA) is 102 Å². The molecule has 0 aliphatic heterocycles. The summed E-state index contributed by atoms with van der Waals surface area (Å²) in [5, 5.41) is 6.56. The normalized spacial score (nSPS) is 10.2. The van der Waals surface area contributed by atoms with E-state index in [1.54, 1.807) is 31.6 Å². The van der Waals surface area contributed by atoms with E-state index in [1.807, 2.05) is 6.07 Å². The van der Waals surface area contributed by atoms with E-state index in [4.69, 9.17) is 25.8 Å². The molecule has 0 spiro atoms. The number of ether oxygens (including phenoxy) is 3. The molecule has 0 fully saturated rings. The van der Waals surface area contributed by atoms with E-state index in [0.29, 0.717) is 51.1 Å². The van der Waals surface area contributed by atoms with Gasteiger partial charge in [-0.1, -0.05) is 24.4 Å². The van der Waals surface area contributed by atoms with Crippen LogP contribution in [0.3, 0.4) is 0 Å². The predicted molar refractivity (Wildman–Crippen MR) is 117 cm³/mol. The Balaban J connectivity index is 1.90. The molecule has 2 heterocycles. The van der Waals surface area contributed by atoms with Gasteiger partial charge in [0.25, 0.3) is 0 Å². The molecule has 0 saturated carbocycles. The van der Waals surface area contributed by atoms with E-state index in [-0.39, 0.29) is 0 Å². The maximum atomic E-state index is 6.27. The number of anilines is 5. The highest BCUT2D eigenvalue weighted by Gasteiger charge is 2.14. The minimum Gasteiger partial charge on any atom is -0.497 e. The summed E-state index contributed by atoms with van der Waals surface area (Å²) in [7, 11) is 4.66. The van der Waals surface area contributed by atoms with Gasteiger partial charge in [-0.3, -0.25) is 4.98 Å². The van der Waals surface area contributed by atoms with Crippen LogP contribution in [0.15, 0.2) is 36.8 Å². The van der Waals surface area contributed by atoms with Crippen molar-refractivity contribution >= 4 is 53.2 Å². The summed E-state index contributed by atoms with van der Waals surface area (Å²) in [5.74, 6) is 2.33. The Kier molecular flexibility index (Phi) is 6.68. The number of methoxy groups -OCH3 is 3. The molecule has 0 aliphatic carbocycles. The number of pyridine rings is 1. The molecule has 0 unspecified atom stereocenters. The molecule has 0 radical (unpaired) electrons. The number of nitrogens with one attached hydrogen (secondary N) is 3. The van der Waals surface area contributed by atoms with Crippen molar-refractivity contribution in [2.24, 2.45) is 0 Å². The lowest BCUT2D eigenvalue weighted by atomic mass is 10.2. The summed E-state index contributed by atoms with van der Waals surface area (Å²) in [5.41, 5.74) is 1.94. The van der Waals surface area contributed by atoms with Gasteiger partial charge >= 0.3 is 0 Å². The largest absolute Gasteiger partial charge is 0.497 e. The maximum Gasteiger partial charge on any atom is 0.229 e. The third-order valence-corrected chi connectivity index (χ3v) is 4.40. The lowest BCUT2D eigenvalue weighted by molar-refractivity contribution is 0.355. The van der Waals surface area contributed by atoms with Crippen molar-refractivity contribution in [1.29, 1.82) is 0 Å². The fourth-order valence-electron chi connectivity index (χ4n) is 2.49. The molecule has 0 aliphatic rings. The molecule has 1 aromatic carbocycles. The van der Waals surface area contributed by atoms with Crippen molar-refractivity contribution in [2.75, 3.05) is 36.7 Å². The smallest absolute Gasteiger partial charge is 0.229 e. The van der Waals surface area contributed by atoms with Gasteiger partial charge in [0, 0.05) is 6.07 Å². The second-order valence-electron chi connectivity index (χ2n) is 5.59. The number of hydrogen-bond acceptors (Lipinski definition) is 10. The van der Waals surface area contributed by atoms with Gasteiger partial charge in [-0.2, -0.15) is 4.98 Å². The van der Waals surface area contributed by atoms with E-state index in [2.05, 4.69) is 43.1 Å². The molecule has 2 aromatic heterocycles. The van der Waals surface area contributed by atoms with Crippen molar-refractivity contribution < 1.29 is 14.2 Å². The molecule has 0 amide bonds. The summed E-state index contributed by atoms with van der Waals surface area (Å²) in [6.07, 6.45) is 4.62. The molecule has 0 atom stereocenters. The van der Waals surface area contributed by atoms with Crippen LogP contribution in [0.25, 0.3) is 0 Å². The quantitative estimate of drug-likeness (QED) is 0.386. The first-order chi connectivity index (χ1) is 14.1. The van der Waals surface area contributed by atoms with Crippen LogP contribution < -0.4 is 29.6 Å². The van der Waals surface area contributed by atoms with E-state index >= 15 is 0 Å².